The number of amides is 2. The number of thiophene rings is 1. The van der Waals surface area contributed by atoms with Gasteiger partial charge in [-0.25, -0.2) is 9.97 Å². The first-order valence-corrected chi connectivity index (χ1v) is 11.2. The summed E-state index contributed by atoms with van der Waals surface area (Å²) in [5.74, 6) is 0.496. The molecule has 5 rings (SSSR count). The summed E-state index contributed by atoms with van der Waals surface area (Å²) in [6, 6.07) is 19.1. The number of carbonyl (C=O) groups is 2. The molecule has 0 saturated carbocycles. The number of carbonyl (C=O) groups excluding carboxylic acids is 2. The molecule has 8 heteroatoms. The summed E-state index contributed by atoms with van der Waals surface area (Å²) in [6.07, 6.45) is 0. The van der Waals surface area contributed by atoms with Crippen molar-refractivity contribution in [2.24, 2.45) is 0 Å². The van der Waals surface area contributed by atoms with E-state index in [1.165, 1.54) is 16.7 Å². The van der Waals surface area contributed by atoms with Crippen molar-refractivity contribution in [2.45, 2.75) is 5.03 Å². The van der Waals surface area contributed by atoms with Gasteiger partial charge in [-0.3, -0.25) is 9.59 Å². The largest absolute Gasteiger partial charge is 0.323 e. The average Bonchev–Trinajstić information content (AvgIpc) is 3.31. The van der Waals surface area contributed by atoms with Crippen LogP contribution in [0.2, 0.25) is 0 Å². The van der Waals surface area contributed by atoms with E-state index in [-0.39, 0.29) is 24.1 Å². The van der Waals surface area contributed by atoms with Gasteiger partial charge in [0.15, 0.2) is 5.82 Å². The molecule has 0 spiro atoms. The van der Waals surface area contributed by atoms with E-state index in [1.807, 2.05) is 60.0 Å². The molecule has 2 amide bonds. The Bertz CT molecular complexity index is 1260. The van der Waals surface area contributed by atoms with Crippen molar-refractivity contribution in [1.29, 1.82) is 0 Å². The molecule has 148 valence electrons. The molecule has 1 N–H and O–H groups in total. The van der Waals surface area contributed by atoms with Gasteiger partial charge >= 0.3 is 0 Å². The van der Waals surface area contributed by atoms with E-state index in [0.29, 0.717) is 11.5 Å². The normalized spacial score (nSPS) is 13.2. The molecule has 4 aromatic rings. The maximum Gasteiger partial charge on any atom is 0.244 e. The molecule has 0 atom stereocenters. The highest BCUT2D eigenvalue weighted by Gasteiger charge is 2.26. The lowest BCUT2D eigenvalue weighted by atomic mass is 10.2. The van der Waals surface area contributed by atoms with Gasteiger partial charge in [-0.05, 0) is 29.6 Å². The monoisotopic (exact) mass is 432 g/mol. The molecule has 0 bridgehead atoms. The Morgan fingerprint density at radius 1 is 1.07 bits per heavy atom. The van der Waals surface area contributed by atoms with Crippen LogP contribution in [0.3, 0.4) is 0 Å². The summed E-state index contributed by atoms with van der Waals surface area (Å²) < 4.78 is 0. The van der Waals surface area contributed by atoms with Crippen molar-refractivity contribution in [2.75, 3.05) is 22.5 Å². The lowest BCUT2D eigenvalue weighted by Gasteiger charge is -2.29. The summed E-state index contributed by atoms with van der Waals surface area (Å²) in [4.78, 5) is 37.0. The zero-order valence-electron chi connectivity index (χ0n) is 15.7. The third-order valence-corrected chi connectivity index (χ3v) is 6.56. The molecule has 0 unspecified atom stereocenters. The van der Waals surface area contributed by atoms with Crippen LogP contribution < -0.4 is 10.2 Å². The first-order valence-electron chi connectivity index (χ1n) is 9.32. The van der Waals surface area contributed by atoms with Gasteiger partial charge in [-0.1, -0.05) is 48.2 Å². The minimum Gasteiger partial charge on any atom is -0.323 e. The van der Waals surface area contributed by atoms with Gasteiger partial charge < -0.3 is 10.2 Å². The van der Waals surface area contributed by atoms with Crippen molar-refractivity contribution in [3.63, 3.8) is 0 Å². The average molecular weight is 433 g/mol. The molecular formula is C22H16N4O2S2. The Labute approximate surface area is 181 Å². The number of hydrogen-bond acceptors (Lipinski definition) is 6. The molecule has 6 nitrogen and oxygen atoms in total. The van der Waals surface area contributed by atoms with E-state index in [2.05, 4.69) is 10.3 Å². The van der Waals surface area contributed by atoms with Gasteiger partial charge in [-0.15, -0.1) is 11.3 Å². The first-order chi connectivity index (χ1) is 14.7. The Kier molecular flexibility index (Phi) is 4.94. The zero-order valence-corrected chi connectivity index (χ0v) is 17.4. The number of nitrogens with one attached hydrogen (secondary N) is 1. The lowest BCUT2D eigenvalue weighted by molar-refractivity contribution is -0.120. The molecule has 0 aliphatic carbocycles. The second kappa shape index (κ2) is 7.89. The van der Waals surface area contributed by atoms with Crippen molar-refractivity contribution < 1.29 is 9.59 Å². The standard InChI is InChI=1S/C22H16N4O2S2/c27-19-12-26(17-9-4-3-8-16(17)23-19)20(28)13-30-22-14-6-1-2-7-15(14)24-21(25-22)18-10-5-11-29-18/h1-11H,12-13H2,(H,23,27). The van der Waals surface area contributed by atoms with Crippen molar-refractivity contribution in [3.05, 3.63) is 66.0 Å². The molecule has 0 radical (unpaired) electrons. The number of nitrogens with zero attached hydrogens (tertiary/aromatic N) is 3. The summed E-state index contributed by atoms with van der Waals surface area (Å²) in [6.45, 7) is 0.0153. The number of hydrogen-bond donors (Lipinski definition) is 1. The molecule has 3 heterocycles. The zero-order chi connectivity index (χ0) is 20.5. The van der Waals surface area contributed by atoms with Gasteiger partial charge in [0.2, 0.25) is 11.8 Å². The quantitative estimate of drug-likeness (QED) is 0.381. The van der Waals surface area contributed by atoms with E-state index in [0.717, 1.165) is 26.5 Å². The van der Waals surface area contributed by atoms with E-state index >= 15 is 0 Å². The number of aromatic nitrogens is 2. The smallest absolute Gasteiger partial charge is 0.244 e. The van der Waals surface area contributed by atoms with Crippen LogP contribution in [0.5, 0.6) is 0 Å². The summed E-state index contributed by atoms with van der Waals surface area (Å²) in [5, 5.41) is 6.46. The fourth-order valence-corrected chi connectivity index (χ4v) is 4.89. The van der Waals surface area contributed by atoms with Crippen LogP contribution in [0.1, 0.15) is 0 Å². The second-order valence-electron chi connectivity index (χ2n) is 6.68. The molecule has 2 aromatic heterocycles. The van der Waals surface area contributed by atoms with Crippen LogP contribution in [-0.4, -0.2) is 34.1 Å². The Morgan fingerprint density at radius 2 is 1.90 bits per heavy atom. The Morgan fingerprint density at radius 3 is 2.77 bits per heavy atom. The molecule has 30 heavy (non-hydrogen) atoms. The molecule has 1 aliphatic heterocycles. The van der Waals surface area contributed by atoms with Crippen LogP contribution in [0.15, 0.2) is 71.1 Å². The topological polar surface area (TPSA) is 75.2 Å². The van der Waals surface area contributed by atoms with Gasteiger partial charge in [0.25, 0.3) is 0 Å². The molecular weight excluding hydrogens is 416 g/mol. The number of para-hydroxylation sites is 3. The van der Waals surface area contributed by atoms with Crippen molar-refractivity contribution >= 4 is 57.2 Å². The predicted octanol–water partition coefficient (Wildman–Crippen LogP) is 4.44. The fraction of sp³-hybridized carbons (Fsp3) is 0.0909. The number of thioether (sulfide) groups is 1. The highest BCUT2D eigenvalue weighted by molar-refractivity contribution is 8.00. The van der Waals surface area contributed by atoms with Gasteiger partial charge in [-0.2, -0.15) is 0 Å². The highest BCUT2D eigenvalue weighted by Crippen LogP contribution is 2.32. The third-order valence-electron chi connectivity index (χ3n) is 4.71. The van der Waals surface area contributed by atoms with Crippen LogP contribution in [0, 0.1) is 0 Å². The first kappa shape index (κ1) is 18.8. The molecule has 0 fully saturated rings. The van der Waals surface area contributed by atoms with E-state index in [4.69, 9.17) is 4.98 Å². The van der Waals surface area contributed by atoms with Crippen LogP contribution >= 0.6 is 23.1 Å². The van der Waals surface area contributed by atoms with Crippen LogP contribution in [0.25, 0.3) is 21.6 Å². The van der Waals surface area contributed by atoms with Gasteiger partial charge in [0.05, 0.1) is 27.5 Å². The van der Waals surface area contributed by atoms with E-state index in [1.54, 1.807) is 17.4 Å². The number of rotatable bonds is 4. The maximum atomic E-state index is 13.0. The third kappa shape index (κ3) is 3.55. The van der Waals surface area contributed by atoms with Crippen molar-refractivity contribution in [3.8, 4) is 10.7 Å². The van der Waals surface area contributed by atoms with Crippen LogP contribution in [0.4, 0.5) is 11.4 Å². The van der Waals surface area contributed by atoms with Gasteiger partial charge in [0.1, 0.15) is 11.6 Å². The van der Waals surface area contributed by atoms with Gasteiger partial charge in [0, 0.05) is 5.39 Å². The number of anilines is 2. The minimum absolute atomic E-state index is 0.0153. The summed E-state index contributed by atoms with van der Waals surface area (Å²) >= 11 is 2.95. The maximum absolute atomic E-state index is 13.0. The summed E-state index contributed by atoms with van der Waals surface area (Å²) in [5.41, 5.74) is 2.21. The molecule has 2 aromatic carbocycles. The minimum atomic E-state index is -0.195. The number of benzene rings is 2. The van der Waals surface area contributed by atoms with E-state index in [9.17, 15) is 9.59 Å². The lowest BCUT2D eigenvalue weighted by Crippen LogP contribution is -2.43. The van der Waals surface area contributed by atoms with Crippen molar-refractivity contribution in [1.82, 2.24) is 9.97 Å². The summed E-state index contributed by atoms with van der Waals surface area (Å²) in [7, 11) is 0. The predicted molar refractivity (Wildman–Crippen MR) is 121 cm³/mol. The highest BCUT2D eigenvalue weighted by atomic mass is 32.2. The number of fused-ring (bicyclic) bond motifs is 2. The molecule has 1 aliphatic rings. The van der Waals surface area contributed by atoms with E-state index < -0.39 is 0 Å². The second-order valence-corrected chi connectivity index (χ2v) is 8.59. The Balaban J connectivity index is 1.44. The fourth-order valence-electron chi connectivity index (χ4n) is 3.34. The molecule has 0 saturated heterocycles. The SMILES string of the molecule is O=C1CN(C(=O)CSc2nc(-c3cccs3)nc3ccccc23)c2ccccc2N1. The Hall–Kier alpha value is -3.23. The van der Waals surface area contributed by atoms with Crippen LogP contribution in [-0.2, 0) is 9.59 Å².